The predicted octanol–water partition coefficient (Wildman–Crippen LogP) is 3.14. The lowest BCUT2D eigenvalue weighted by atomic mass is 10.0. The molecule has 1 saturated heterocycles. The van der Waals surface area contributed by atoms with Gasteiger partial charge in [0.25, 0.3) is 0 Å². The Labute approximate surface area is 98.0 Å². The first-order valence-electron chi connectivity index (χ1n) is 6.15. The quantitative estimate of drug-likeness (QED) is 0.843. The average molecular weight is 219 g/mol. The van der Waals surface area contributed by atoms with E-state index in [2.05, 4.69) is 44.3 Å². The number of nitrogens with one attached hydrogen (secondary N) is 1. The van der Waals surface area contributed by atoms with Gasteiger partial charge in [-0.2, -0.15) is 0 Å². The van der Waals surface area contributed by atoms with Crippen LogP contribution in [0.4, 0.5) is 0 Å². The minimum Gasteiger partial charge on any atom is -0.491 e. The second-order valence-corrected chi connectivity index (χ2v) is 5.04. The molecule has 16 heavy (non-hydrogen) atoms. The maximum Gasteiger partial charge on any atom is 0.120 e. The Morgan fingerprint density at radius 2 is 2.19 bits per heavy atom. The lowest BCUT2D eigenvalue weighted by Gasteiger charge is -2.14. The zero-order valence-electron chi connectivity index (χ0n) is 10.4. The van der Waals surface area contributed by atoms with E-state index in [-0.39, 0.29) is 6.10 Å². The maximum absolute atomic E-state index is 5.71. The summed E-state index contributed by atoms with van der Waals surface area (Å²) in [6.45, 7) is 7.53. The normalized spacial score (nSPS) is 25.0. The van der Waals surface area contributed by atoms with Gasteiger partial charge < -0.3 is 10.1 Å². The van der Waals surface area contributed by atoms with Crippen molar-refractivity contribution >= 4 is 0 Å². The van der Waals surface area contributed by atoms with Crippen molar-refractivity contribution in [2.75, 3.05) is 6.54 Å². The molecule has 2 rings (SSSR count). The molecule has 0 aliphatic carbocycles. The molecule has 0 spiro atoms. The summed E-state index contributed by atoms with van der Waals surface area (Å²) in [6, 6.07) is 8.96. The van der Waals surface area contributed by atoms with Gasteiger partial charge in [0.05, 0.1) is 6.10 Å². The predicted molar refractivity (Wildman–Crippen MR) is 66.7 cm³/mol. The van der Waals surface area contributed by atoms with Crippen LogP contribution in [0.15, 0.2) is 24.3 Å². The van der Waals surface area contributed by atoms with E-state index < -0.39 is 0 Å². The molecule has 2 unspecified atom stereocenters. The Hall–Kier alpha value is -1.02. The van der Waals surface area contributed by atoms with E-state index in [1.807, 2.05) is 6.07 Å². The Bertz CT molecular complexity index is 348. The minimum atomic E-state index is 0.241. The van der Waals surface area contributed by atoms with E-state index in [0.717, 1.165) is 18.2 Å². The van der Waals surface area contributed by atoms with Crippen molar-refractivity contribution < 1.29 is 4.74 Å². The highest BCUT2D eigenvalue weighted by atomic mass is 16.5. The van der Waals surface area contributed by atoms with Crippen molar-refractivity contribution in [1.29, 1.82) is 0 Å². The Balaban J connectivity index is 2.09. The summed E-state index contributed by atoms with van der Waals surface area (Å²) in [4.78, 5) is 0. The minimum absolute atomic E-state index is 0.241. The molecule has 2 nitrogen and oxygen atoms in total. The van der Waals surface area contributed by atoms with E-state index >= 15 is 0 Å². The number of rotatable bonds is 3. The van der Waals surface area contributed by atoms with Gasteiger partial charge in [0.15, 0.2) is 0 Å². The summed E-state index contributed by atoms with van der Waals surface area (Å²) in [7, 11) is 0. The summed E-state index contributed by atoms with van der Waals surface area (Å²) >= 11 is 0. The first kappa shape index (κ1) is 11.5. The molecule has 1 fully saturated rings. The molecule has 1 aliphatic rings. The summed E-state index contributed by atoms with van der Waals surface area (Å²) in [5.74, 6) is 1.76. The molecule has 88 valence electrons. The van der Waals surface area contributed by atoms with Crippen LogP contribution in [0.5, 0.6) is 5.75 Å². The summed E-state index contributed by atoms with van der Waals surface area (Å²) < 4.78 is 5.71. The fraction of sp³-hybridized carbons (Fsp3) is 0.571. The average Bonchev–Trinajstić information content (AvgIpc) is 2.64. The van der Waals surface area contributed by atoms with Crippen LogP contribution in [0.3, 0.4) is 0 Å². The Kier molecular flexibility index (Phi) is 3.49. The van der Waals surface area contributed by atoms with Crippen molar-refractivity contribution in [2.45, 2.75) is 39.3 Å². The van der Waals surface area contributed by atoms with Crippen LogP contribution in [-0.4, -0.2) is 12.6 Å². The molecule has 0 amide bonds. The SMILES string of the molecule is CC1CNC(c2cccc(OC(C)C)c2)C1. The first-order valence-corrected chi connectivity index (χ1v) is 6.15. The standard InChI is InChI=1S/C14H21NO/c1-10(2)16-13-6-4-5-12(8-13)14-7-11(3)9-15-14/h4-6,8,10-11,14-15H,7,9H2,1-3H3. The molecule has 2 heteroatoms. The Morgan fingerprint density at radius 3 is 2.81 bits per heavy atom. The molecule has 1 aromatic carbocycles. The fourth-order valence-corrected chi connectivity index (χ4v) is 2.24. The third-order valence-electron chi connectivity index (χ3n) is 2.98. The Morgan fingerprint density at radius 1 is 1.38 bits per heavy atom. The number of benzene rings is 1. The zero-order chi connectivity index (χ0) is 11.5. The molecule has 1 aromatic rings. The van der Waals surface area contributed by atoms with E-state index in [1.165, 1.54) is 12.0 Å². The van der Waals surface area contributed by atoms with Crippen molar-refractivity contribution in [3.05, 3.63) is 29.8 Å². The van der Waals surface area contributed by atoms with Gasteiger partial charge in [0.2, 0.25) is 0 Å². The molecule has 1 heterocycles. The number of ether oxygens (including phenoxy) is 1. The first-order chi connectivity index (χ1) is 7.65. The van der Waals surface area contributed by atoms with Gasteiger partial charge in [-0.05, 0) is 50.4 Å². The van der Waals surface area contributed by atoms with Crippen LogP contribution in [-0.2, 0) is 0 Å². The highest BCUT2D eigenvalue weighted by Crippen LogP contribution is 2.28. The smallest absolute Gasteiger partial charge is 0.120 e. The van der Waals surface area contributed by atoms with Crippen molar-refractivity contribution in [1.82, 2.24) is 5.32 Å². The summed E-state index contributed by atoms with van der Waals surface area (Å²) in [5, 5.41) is 3.55. The molecule has 0 aromatic heterocycles. The largest absolute Gasteiger partial charge is 0.491 e. The van der Waals surface area contributed by atoms with Gasteiger partial charge in [-0.15, -0.1) is 0 Å². The van der Waals surface area contributed by atoms with E-state index in [0.29, 0.717) is 6.04 Å². The molecular formula is C14H21NO. The molecule has 0 saturated carbocycles. The highest BCUT2D eigenvalue weighted by Gasteiger charge is 2.22. The van der Waals surface area contributed by atoms with E-state index in [4.69, 9.17) is 4.74 Å². The highest BCUT2D eigenvalue weighted by molar-refractivity contribution is 5.31. The van der Waals surface area contributed by atoms with Crippen LogP contribution in [0.1, 0.15) is 38.8 Å². The van der Waals surface area contributed by atoms with Crippen LogP contribution in [0.2, 0.25) is 0 Å². The van der Waals surface area contributed by atoms with E-state index in [9.17, 15) is 0 Å². The van der Waals surface area contributed by atoms with Crippen molar-refractivity contribution in [2.24, 2.45) is 5.92 Å². The topological polar surface area (TPSA) is 21.3 Å². The van der Waals surface area contributed by atoms with Gasteiger partial charge >= 0.3 is 0 Å². The van der Waals surface area contributed by atoms with E-state index in [1.54, 1.807) is 0 Å². The van der Waals surface area contributed by atoms with Crippen molar-refractivity contribution in [3.63, 3.8) is 0 Å². The van der Waals surface area contributed by atoms with Gasteiger partial charge in [-0.3, -0.25) is 0 Å². The molecular weight excluding hydrogens is 198 g/mol. The molecule has 1 N–H and O–H groups in total. The van der Waals surface area contributed by atoms with Gasteiger partial charge in [0, 0.05) is 6.04 Å². The fourth-order valence-electron chi connectivity index (χ4n) is 2.24. The third-order valence-corrected chi connectivity index (χ3v) is 2.98. The zero-order valence-corrected chi connectivity index (χ0v) is 10.4. The van der Waals surface area contributed by atoms with Crippen LogP contribution in [0, 0.1) is 5.92 Å². The van der Waals surface area contributed by atoms with Crippen LogP contribution < -0.4 is 10.1 Å². The second kappa shape index (κ2) is 4.88. The number of hydrogen-bond donors (Lipinski definition) is 1. The van der Waals surface area contributed by atoms with Gasteiger partial charge in [-0.1, -0.05) is 19.1 Å². The van der Waals surface area contributed by atoms with Gasteiger partial charge in [0.1, 0.15) is 5.75 Å². The van der Waals surface area contributed by atoms with Crippen molar-refractivity contribution in [3.8, 4) is 5.75 Å². The molecule has 0 radical (unpaired) electrons. The second-order valence-electron chi connectivity index (χ2n) is 5.04. The molecule has 2 atom stereocenters. The lowest BCUT2D eigenvalue weighted by molar-refractivity contribution is 0.242. The summed E-state index contributed by atoms with van der Waals surface area (Å²) in [5.41, 5.74) is 1.35. The molecule has 0 bridgehead atoms. The van der Waals surface area contributed by atoms with Crippen LogP contribution >= 0.6 is 0 Å². The van der Waals surface area contributed by atoms with Crippen LogP contribution in [0.25, 0.3) is 0 Å². The summed E-state index contributed by atoms with van der Waals surface area (Å²) in [6.07, 6.45) is 1.47. The monoisotopic (exact) mass is 219 g/mol. The number of hydrogen-bond acceptors (Lipinski definition) is 2. The molecule has 1 aliphatic heterocycles. The maximum atomic E-state index is 5.71. The third kappa shape index (κ3) is 2.76. The van der Waals surface area contributed by atoms with Gasteiger partial charge in [-0.25, -0.2) is 0 Å². The lowest BCUT2D eigenvalue weighted by Crippen LogP contribution is -2.13.